The van der Waals surface area contributed by atoms with Crippen molar-refractivity contribution in [3.05, 3.63) is 59.2 Å². The van der Waals surface area contributed by atoms with Crippen LogP contribution in [-0.2, 0) is 16.0 Å². The van der Waals surface area contributed by atoms with Crippen molar-refractivity contribution in [2.24, 2.45) is 10.3 Å². The molecule has 0 unspecified atom stereocenters. The lowest BCUT2D eigenvalue weighted by atomic mass is 10.1. The maximum Gasteiger partial charge on any atom is 0.263 e. The Kier molecular flexibility index (Phi) is 3.83. The first-order chi connectivity index (χ1) is 12.5. The van der Waals surface area contributed by atoms with Gasteiger partial charge in [-0.1, -0.05) is 36.4 Å². The molecule has 0 radical (unpaired) electrons. The summed E-state index contributed by atoms with van der Waals surface area (Å²) in [6.45, 7) is 6.00. The van der Waals surface area contributed by atoms with E-state index in [4.69, 9.17) is 0 Å². The van der Waals surface area contributed by atoms with Gasteiger partial charge in [0.15, 0.2) is 12.1 Å². The van der Waals surface area contributed by atoms with Crippen LogP contribution in [0.15, 0.2) is 52.8 Å². The molecule has 6 heteroatoms. The predicted octanol–water partition coefficient (Wildman–Crippen LogP) is 3.36. The van der Waals surface area contributed by atoms with Gasteiger partial charge in [-0.15, -0.1) is 0 Å². The number of imide groups is 1. The van der Waals surface area contributed by atoms with Crippen LogP contribution in [-0.4, -0.2) is 23.9 Å². The summed E-state index contributed by atoms with van der Waals surface area (Å²) in [7, 11) is 0. The Labute approximate surface area is 152 Å². The molecule has 2 aromatic rings. The Morgan fingerprint density at radius 1 is 1.00 bits per heavy atom. The molecule has 0 saturated carbocycles. The number of hydrogen-bond acceptors (Lipinski definition) is 5. The summed E-state index contributed by atoms with van der Waals surface area (Å²) in [5.41, 5.74) is 4.60. The molecule has 26 heavy (non-hydrogen) atoms. The predicted molar refractivity (Wildman–Crippen MR) is 99.1 cm³/mol. The van der Waals surface area contributed by atoms with E-state index in [1.807, 2.05) is 56.3 Å². The summed E-state index contributed by atoms with van der Waals surface area (Å²) in [5, 5.41) is 9.84. The van der Waals surface area contributed by atoms with Crippen LogP contribution in [0.25, 0.3) is 0 Å². The van der Waals surface area contributed by atoms with Crippen LogP contribution in [0.5, 0.6) is 0 Å². The summed E-state index contributed by atoms with van der Waals surface area (Å²) in [6, 6.07) is 12.0. The van der Waals surface area contributed by atoms with Crippen molar-refractivity contribution in [3.8, 4) is 0 Å². The third-order valence-electron chi connectivity index (χ3n) is 5.00. The average molecular weight is 348 g/mol. The number of anilines is 2. The van der Waals surface area contributed by atoms with Gasteiger partial charge >= 0.3 is 0 Å². The van der Waals surface area contributed by atoms with Gasteiger partial charge in [0.1, 0.15) is 0 Å². The van der Waals surface area contributed by atoms with Gasteiger partial charge in [-0.05, 0) is 55.2 Å². The second kappa shape index (κ2) is 6.05. The number of rotatable bonds is 3. The molecule has 2 atom stereocenters. The average Bonchev–Trinajstić information content (AvgIpc) is 3.18. The molecule has 0 aromatic heterocycles. The minimum absolute atomic E-state index is 0.282. The highest BCUT2D eigenvalue weighted by Gasteiger charge is 2.55. The van der Waals surface area contributed by atoms with E-state index < -0.39 is 12.1 Å². The van der Waals surface area contributed by atoms with Gasteiger partial charge in [0.05, 0.1) is 11.4 Å². The van der Waals surface area contributed by atoms with Gasteiger partial charge in [-0.2, -0.15) is 5.11 Å². The van der Waals surface area contributed by atoms with Gasteiger partial charge < -0.3 is 0 Å². The molecule has 2 aliphatic rings. The third-order valence-corrected chi connectivity index (χ3v) is 5.00. The zero-order valence-electron chi connectivity index (χ0n) is 15.0. The largest absolute Gasteiger partial charge is 0.271 e. The maximum atomic E-state index is 13.1. The highest BCUT2D eigenvalue weighted by molar-refractivity contribution is 6.26. The molecule has 1 saturated heterocycles. The Hall–Kier alpha value is -3.02. The van der Waals surface area contributed by atoms with Crippen LogP contribution in [0, 0.1) is 13.8 Å². The normalized spacial score (nSPS) is 21.7. The zero-order valence-corrected chi connectivity index (χ0v) is 15.0. The van der Waals surface area contributed by atoms with Gasteiger partial charge in [0.25, 0.3) is 11.8 Å². The highest BCUT2D eigenvalue weighted by atomic mass is 16.2. The summed E-state index contributed by atoms with van der Waals surface area (Å²) in [6.07, 6.45) is 0.905. The van der Waals surface area contributed by atoms with Crippen molar-refractivity contribution < 1.29 is 9.59 Å². The second-order valence-electron chi connectivity index (χ2n) is 6.76. The number of fused-ring (bicyclic) bond motifs is 1. The van der Waals surface area contributed by atoms with Gasteiger partial charge in [0.2, 0.25) is 0 Å². The van der Waals surface area contributed by atoms with Crippen LogP contribution in [0.2, 0.25) is 0 Å². The van der Waals surface area contributed by atoms with Crippen molar-refractivity contribution >= 4 is 23.2 Å². The zero-order chi connectivity index (χ0) is 18.4. The molecule has 2 amide bonds. The molecule has 0 aliphatic carbocycles. The molecule has 2 aliphatic heterocycles. The second-order valence-corrected chi connectivity index (χ2v) is 6.76. The van der Waals surface area contributed by atoms with Gasteiger partial charge in [-0.25, -0.2) is 9.91 Å². The van der Waals surface area contributed by atoms with E-state index >= 15 is 0 Å². The van der Waals surface area contributed by atoms with E-state index in [0.717, 1.165) is 28.8 Å². The molecule has 2 aromatic carbocycles. The van der Waals surface area contributed by atoms with Crippen LogP contribution in [0.4, 0.5) is 11.4 Å². The molecule has 2 heterocycles. The topological polar surface area (TPSA) is 65.3 Å². The van der Waals surface area contributed by atoms with Crippen molar-refractivity contribution in [2.45, 2.75) is 39.3 Å². The fourth-order valence-corrected chi connectivity index (χ4v) is 3.46. The first kappa shape index (κ1) is 16.4. The standard InChI is InChI=1S/C20H20N4O2/c1-4-14-7-9-15(10-8-14)23-19(25)17-18(20(23)26)24(22-21-17)16-11-12(2)5-6-13(16)3/h5-11,17-18H,4H2,1-3H3/t17-,18-/m1/s1. The Bertz CT molecular complexity index is 920. The lowest BCUT2D eigenvalue weighted by molar-refractivity contribution is -0.121. The summed E-state index contributed by atoms with van der Waals surface area (Å²) < 4.78 is 0. The summed E-state index contributed by atoms with van der Waals surface area (Å²) in [5.74, 6) is -0.601. The number of carbonyl (C=O) groups is 2. The molecule has 0 bridgehead atoms. The fraction of sp³-hybridized carbons (Fsp3) is 0.300. The first-order valence-electron chi connectivity index (χ1n) is 8.75. The lowest BCUT2D eigenvalue weighted by Gasteiger charge is -2.22. The fourth-order valence-electron chi connectivity index (χ4n) is 3.46. The molecule has 4 rings (SSSR count). The Balaban J connectivity index is 1.70. The molecular formula is C20H20N4O2. The molecule has 0 spiro atoms. The number of amides is 2. The highest BCUT2D eigenvalue weighted by Crippen LogP contribution is 2.36. The van der Waals surface area contributed by atoms with E-state index in [-0.39, 0.29) is 11.8 Å². The Morgan fingerprint density at radius 2 is 1.73 bits per heavy atom. The molecule has 132 valence electrons. The van der Waals surface area contributed by atoms with Crippen molar-refractivity contribution in [1.82, 2.24) is 0 Å². The van der Waals surface area contributed by atoms with Crippen LogP contribution in [0.1, 0.15) is 23.6 Å². The van der Waals surface area contributed by atoms with E-state index in [2.05, 4.69) is 17.3 Å². The van der Waals surface area contributed by atoms with Gasteiger partial charge in [-0.3, -0.25) is 9.59 Å². The smallest absolute Gasteiger partial charge is 0.263 e. The van der Waals surface area contributed by atoms with E-state index in [0.29, 0.717) is 5.69 Å². The van der Waals surface area contributed by atoms with Crippen LogP contribution < -0.4 is 9.91 Å². The lowest BCUT2D eigenvalue weighted by Crippen LogP contribution is -2.40. The molecule has 0 N–H and O–H groups in total. The quantitative estimate of drug-likeness (QED) is 0.799. The number of benzene rings is 2. The van der Waals surface area contributed by atoms with Crippen molar-refractivity contribution in [3.63, 3.8) is 0 Å². The van der Waals surface area contributed by atoms with Crippen LogP contribution in [0.3, 0.4) is 0 Å². The number of hydrogen-bond donors (Lipinski definition) is 0. The summed E-state index contributed by atoms with van der Waals surface area (Å²) >= 11 is 0. The number of carbonyl (C=O) groups excluding carboxylic acids is 2. The minimum Gasteiger partial charge on any atom is -0.271 e. The SMILES string of the molecule is CCc1ccc(N2C(=O)[C@@H]3N=NN(c4cc(C)ccc4C)[C@H]3C2=O)cc1. The van der Waals surface area contributed by atoms with E-state index in [9.17, 15) is 9.59 Å². The third kappa shape index (κ3) is 2.41. The minimum atomic E-state index is -0.784. The summed E-state index contributed by atoms with van der Waals surface area (Å²) in [4.78, 5) is 27.1. The molecule has 1 fully saturated rings. The monoisotopic (exact) mass is 348 g/mol. The first-order valence-corrected chi connectivity index (χ1v) is 8.75. The Morgan fingerprint density at radius 3 is 2.42 bits per heavy atom. The van der Waals surface area contributed by atoms with E-state index in [1.165, 1.54) is 4.90 Å². The number of aryl methyl sites for hydroxylation is 3. The number of nitrogens with zero attached hydrogens (tertiary/aromatic N) is 4. The maximum absolute atomic E-state index is 13.1. The molecular weight excluding hydrogens is 328 g/mol. The van der Waals surface area contributed by atoms with Crippen molar-refractivity contribution in [2.75, 3.05) is 9.91 Å². The van der Waals surface area contributed by atoms with Gasteiger partial charge in [0, 0.05) is 0 Å². The van der Waals surface area contributed by atoms with Crippen molar-refractivity contribution in [1.29, 1.82) is 0 Å². The molecule has 6 nitrogen and oxygen atoms in total. The van der Waals surface area contributed by atoms with Crippen LogP contribution >= 0.6 is 0 Å². The van der Waals surface area contributed by atoms with E-state index in [1.54, 1.807) is 5.01 Å².